The van der Waals surface area contributed by atoms with Crippen molar-refractivity contribution in [3.8, 4) is 5.75 Å². The third-order valence-electron chi connectivity index (χ3n) is 6.17. The maximum absolute atomic E-state index is 12.8. The lowest BCUT2D eigenvalue weighted by Crippen LogP contribution is -2.61. The maximum Gasteiger partial charge on any atom is 0.226 e. The van der Waals surface area contributed by atoms with Gasteiger partial charge in [0.1, 0.15) is 5.75 Å². The molecule has 7 heteroatoms. The summed E-state index contributed by atoms with van der Waals surface area (Å²) in [6.45, 7) is 4.53. The molecule has 148 valence electrons. The zero-order chi connectivity index (χ0) is 19.0. The number of hydrogen-bond donors (Lipinski definition) is 0. The summed E-state index contributed by atoms with van der Waals surface area (Å²) < 4.78 is 30.5. The van der Waals surface area contributed by atoms with Crippen LogP contribution in [0, 0.1) is 5.92 Å². The van der Waals surface area contributed by atoms with Crippen molar-refractivity contribution in [1.82, 2.24) is 9.80 Å². The van der Waals surface area contributed by atoms with Crippen molar-refractivity contribution >= 4 is 15.7 Å². The molecule has 2 aliphatic heterocycles. The van der Waals surface area contributed by atoms with Gasteiger partial charge in [0.05, 0.1) is 24.2 Å². The van der Waals surface area contributed by atoms with Gasteiger partial charge in [-0.1, -0.05) is 24.6 Å². The van der Waals surface area contributed by atoms with Gasteiger partial charge in [-0.05, 0) is 25.8 Å². The Labute approximate surface area is 161 Å². The summed E-state index contributed by atoms with van der Waals surface area (Å²) in [4.78, 5) is 16.9. The van der Waals surface area contributed by atoms with Gasteiger partial charge >= 0.3 is 0 Å². The van der Waals surface area contributed by atoms with Crippen LogP contribution in [0.5, 0.6) is 5.75 Å². The molecule has 1 saturated carbocycles. The second-order valence-electron chi connectivity index (χ2n) is 7.88. The molecule has 1 aliphatic carbocycles. The van der Waals surface area contributed by atoms with Crippen LogP contribution in [0.25, 0.3) is 0 Å². The third kappa shape index (κ3) is 3.72. The number of piperazine rings is 1. The first kappa shape index (κ1) is 18.7. The first-order chi connectivity index (χ1) is 13.0. The number of rotatable bonds is 5. The molecule has 2 atom stereocenters. The average Bonchev–Trinajstić information content (AvgIpc) is 2.90. The van der Waals surface area contributed by atoms with E-state index in [4.69, 9.17) is 4.74 Å². The van der Waals surface area contributed by atoms with Crippen LogP contribution in [0.3, 0.4) is 0 Å². The summed E-state index contributed by atoms with van der Waals surface area (Å²) in [6, 6.07) is 7.59. The van der Waals surface area contributed by atoms with E-state index in [-0.39, 0.29) is 35.4 Å². The van der Waals surface area contributed by atoms with E-state index in [0.29, 0.717) is 26.2 Å². The van der Waals surface area contributed by atoms with Gasteiger partial charge in [0, 0.05) is 37.2 Å². The molecule has 0 aromatic heterocycles. The van der Waals surface area contributed by atoms with Crippen LogP contribution >= 0.6 is 0 Å². The van der Waals surface area contributed by atoms with Crippen LogP contribution in [0.15, 0.2) is 24.3 Å². The minimum atomic E-state index is -3.12. The minimum Gasteiger partial charge on any atom is -0.494 e. The fourth-order valence-corrected chi connectivity index (χ4v) is 6.55. The Morgan fingerprint density at radius 3 is 2.59 bits per heavy atom. The van der Waals surface area contributed by atoms with Gasteiger partial charge < -0.3 is 9.64 Å². The lowest BCUT2D eigenvalue weighted by atomic mass is 9.83. The number of hydrogen-bond acceptors (Lipinski definition) is 5. The maximum atomic E-state index is 12.8. The number of fused-ring (bicyclic) bond motifs is 1. The molecular formula is C20H28N2O4S. The van der Waals surface area contributed by atoms with Crippen LogP contribution in [0.4, 0.5) is 0 Å². The fraction of sp³-hybridized carbons (Fsp3) is 0.650. The molecule has 4 rings (SSSR count). The lowest BCUT2D eigenvalue weighted by molar-refractivity contribution is -0.144. The summed E-state index contributed by atoms with van der Waals surface area (Å²) in [5, 5.41) is 0. The zero-order valence-corrected chi connectivity index (χ0v) is 16.7. The van der Waals surface area contributed by atoms with Gasteiger partial charge in [0.2, 0.25) is 5.91 Å². The molecule has 0 radical (unpaired) electrons. The van der Waals surface area contributed by atoms with Crippen molar-refractivity contribution in [1.29, 1.82) is 0 Å². The molecule has 1 aromatic carbocycles. The van der Waals surface area contributed by atoms with Crippen LogP contribution in [-0.4, -0.2) is 67.4 Å². The highest BCUT2D eigenvalue weighted by molar-refractivity contribution is 7.91. The van der Waals surface area contributed by atoms with E-state index in [1.807, 2.05) is 36.1 Å². The molecule has 1 amide bonds. The van der Waals surface area contributed by atoms with Gasteiger partial charge in [0.25, 0.3) is 0 Å². The standard InChI is InChI=1S/C20H28N2O4S/c1-2-26-19-9-4-3-6-16(19)12-21-10-11-22(20(23)15-7-5-8-15)18-14-27(24,25)13-17(18)21/h3-4,6,9,15,17-18H,2,5,7-8,10-14H2,1H3. The number of benzene rings is 1. The summed E-state index contributed by atoms with van der Waals surface area (Å²) in [6.07, 6.45) is 3.01. The Morgan fingerprint density at radius 2 is 1.89 bits per heavy atom. The Bertz CT molecular complexity index is 806. The largest absolute Gasteiger partial charge is 0.494 e. The van der Waals surface area contributed by atoms with E-state index < -0.39 is 9.84 Å². The second kappa shape index (κ2) is 7.43. The number of carbonyl (C=O) groups is 1. The summed E-state index contributed by atoms with van der Waals surface area (Å²) in [5.41, 5.74) is 1.07. The molecule has 27 heavy (non-hydrogen) atoms. The molecule has 2 heterocycles. The molecule has 2 unspecified atom stereocenters. The van der Waals surface area contributed by atoms with Crippen LogP contribution in [-0.2, 0) is 21.2 Å². The van der Waals surface area contributed by atoms with Gasteiger partial charge in [-0.3, -0.25) is 9.69 Å². The SMILES string of the molecule is CCOc1ccccc1CN1CCN(C(=O)C2CCC2)C2CS(=O)(=O)CC21. The average molecular weight is 393 g/mol. The summed E-state index contributed by atoms with van der Waals surface area (Å²) in [7, 11) is -3.12. The predicted molar refractivity (Wildman–Crippen MR) is 103 cm³/mol. The smallest absolute Gasteiger partial charge is 0.226 e. The van der Waals surface area contributed by atoms with Crippen molar-refractivity contribution in [2.75, 3.05) is 31.2 Å². The van der Waals surface area contributed by atoms with E-state index in [9.17, 15) is 13.2 Å². The Hall–Kier alpha value is -1.60. The van der Waals surface area contributed by atoms with E-state index >= 15 is 0 Å². The molecule has 1 aromatic rings. The highest BCUT2D eigenvalue weighted by Gasteiger charge is 2.49. The quantitative estimate of drug-likeness (QED) is 0.763. The predicted octanol–water partition coefficient (Wildman–Crippen LogP) is 1.70. The van der Waals surface area contributed by atoms with Crippen molar-refractivity contribution in [3.05, 3.63) is 29.8 Å². The number of para-hydroxylation sites is 1. The monoisotopic (exact) mass is 392 g/mol. The number of ether oxygens (including phenoxy) is 1. The van der Waals surface area contributed by atoms with Crippen molar-refractivity contribution in [2.45, 2.75) is 44.8 Å². The Kier molecular flexibility index (Phi) is 5.16. The van der Waals surface area contributed by atoms with Crippen molar-refractivity contribution in [2.24, 2.45) is 5.92 Å². The summed E-state index contributed by atoms with van der Waals surface area (Å²) in [5.74, 6) is 1.37. The van der Waals surface area contributed by atoms with Crippen LogP contribution in [0.1, 0.15) is 31.7 Å². The van der Waals surface area contributed by atoms with Gasteiger partial charge in [-0.2, -0.15) is 0 Å². The van der Waals surface area contributed by atoms with Crippen molar-refractivity contribution in [3.63, 3.8) is 0 Å². The minimum absolute atomic E-state index is 0.0970. The molecule has 0 spiro atoms. The van der Waals surface area contributed by atoms with E-state index in [1.165, 1.54) is 0 Å². The Morgan fingerprint density at radius 1 is 1.15 bits per heavy atom. The lowest BCUT2D eigenvalue weighted by Gasteiger charge is -2.46. The topological polar surface area (TPSA) is 66.9 Å². The number of nitrogens with zero attached hydrogens (tertiary/aromatic N) is 2. The van der Waals surface area contributed by atoms with Crippen LogP contribution in [0.2, 0.25) is 0 Å². The van der Waals surface area contributed by atoms with Crippen LogP contribution < -0.4 is 4.74 Å². The highest BCUT2D eigenvalue weighted by Crippen LogP contribution is 2.34. The van der Waals surface area contributed by atoms with Crippen molar-refractivity contribution < 1.29 is 17.9 Å². The fourth-order valence-electron chi connectivity index (χ4n) is 4.53. The molecular weight excluding hydrogens is 364 g/mol. The van der Waals surface area contributed by atoms with Gasteiger partial charge in [0.15, 0.2) is 9.84 Å². The van der Waals surface area contributed by atoms with Gasteiger partial charge in [-0.25, -0.2) is 8.42 Å². The zero-order valence-electron chi connectivity index (χ0n) is 15.8. The molecule has 0 bridgehead atoms. The molecule has 2 saturated heterocycles. The molecule has 3 aliphatic rings. The first-order valence-corrected chi connectivity index (χ1v) is 11.8. The third-order valence-corrected chi connectivity index (χ3v) is 7.87. The highest BCUT2D eigenvalue weighted by atomic mass is 32.2. The van der Waals surface area contributed by atoms with E-state index in [1.54, 1.807) is 0 Å². The molecule has 3 fully saturated rings. The first-order valence-electron chi connectivity index (χ1n) is 9.94. The Balaban J connectivity index is 1.55. The number of amides is 1. The van der Waals surface area contributed by atoms with E-state index in [2.05, 4.69) is 4.90 Å². The number of carbonyl (C=O) groups excluding carboxylic acids is 1. The number of sulfone groups is 1. The normalized spacial score (nSPS) is 27.8. The molecule has 0 N–H and O–H groups in total. The van der Waals surface area contributed by atoms with E-state index in [0.717, 1.165) is 30.6 Å². The molecule has 6 nitrogen and oxygen atoms in total. The van der Waals surface area contributed by atoms with Gasteiger partial charge in [-0.15, -0.1) is 0 Å². The summed E-state index contributed by atoms with van der Waals surface area (Å²) >= 11 is 0. The second-order valence-corrected chi connectivity index (χ2v) is 10.0.